The average molecular weight is 427 g/mol. The van der Waals surface area contributed by atoms with E-state index >= 15 is 0 Å². The summed E-state index contributed by atoms with van der Waals surface area (Å²) in [5, 5.41) is 0. The molecule has 2 aromatic carbocycles. The van der Waals surface area contributed by atoms with Crippen LogP contribution in [0.1, 0.15) is 47.0 Å². The van der Waals surface area contributed by atoms with Crippen LogP contribution in [-0.2, 0) is 4.74 Å². The molecular weight excluding hydrogens is 396 g/mol. The molecule has 0 saturated carbocycles. The van der Waals surface area contributed by atoms with Gasteiger partial charge in [-0.25, -0.2) is 0 Å². The lowest BCUT2D eigenvalue weighted by molar-refractivity contribution is 0.173. The van der Waals surface area contributed by atoms with Crippen LogP contribution in [-0.4, -0.2) is 25.3 Å². The van der Waals surface area contributed by atoms with E-state index < -0.39 is 0 Å². The number of hydrogen-bond donors (Lipinski definition) is 0. The summed E-state index contributed by atoms with van der Waals surface area (Å²) in [7, 11) is 0. The minimum Gasteiger partial charge on any atom is -0.457 e. The highest BCUT2D eigenvalue weighted by molar-refractivity contribution is 5.50. The first-order chi connectivity index (χ1) is 15.0. The molecule has 0 spiro atoms. The third-order valence-electron chi connectivity index (χ3n) is 5.68. The second-order valence-corrected chi connectivity index (χ2v) is 8.18. The molecule has 2 aromatic rings. The molecule has 0 radical (unpaired) electrons. The highest BCUT2D eigenvalue weighted by Gasteiger charge is 2.46. The SMILES string of the molecule is C/C=C(\CC)CCC1OC1(C)C.c1cc2c(cc1Oc1ccc3c(c1)OCO3)OCO2. The van der Waals surface area contributed by atoms with Gasteiger partial charge in [0.05, 0.1) is 11.7 Å². The number of ether oxygens (including phenoxy) is 6. The Kier molecular flexibility index (Phi) is 6.28. The van der Waals surface area contributed by atoms with Crippen LogP contribution in [0, 0.1) is 0 Å². The second-order valence-electron chi connectivity index (χ2n) is 8.18. The molecule has 1 unspecified atom stereocenters. The molecule has 1 fully saturated rings. The van der Waals surface area contributed by atoms with Gasteiger partial charge in [0.2, 0.25) is 13.6 Å². The zero-order valence-electron chi connectivity index (χ0n) is 18.6. The van der Waals surface area contributed by atoms with Crippen LogP contribution in [0.15, 0.2) is 48.0 Å². The monoisotopic (exact) mass is 426 g/mol. The average Bonchev–Trinajstić information content (AvgIpc) is 3.14. The van der Waals surface area contributed by atoms with Crippen LogP contribution in [0.5, 0.6) is 34.5 Å². The maximum atomic E-state index is 5.76. The van der Waals surface area contributed by atoms with Crippen molar-refractivity contribution in [3.8, 4) is 34.5 Å². The molecule has 166 valence electrons. The number of epoxide rings is 1. The van der Waals surface area contributed by atoms with Crippen molar-refractivity contribution in [1.29, 1.82) is 0 Å². The highest BCUT2D eigenvalue weighted by Crippen LogP contribution is 2.40. The Balaban J connectivity index is 0.000000168. The van der Waals surface area contributed by atoms with Crippen molar-refractivity contribution in [3.63, 3.8) is 0 Å². The molecule has 6 nitrogen and oxygen atoms in total. The van der Waals surface area contributed by atoms with Gasteiger partial charge in [-0.2, -0.15) is 0 Å². The van der Waals surface area contributed by atoms with Gasteiger partial charge in [0.25, 0.3) is 0 Å². The zero-order valence-corrected chi connectivity index (χ0v) is 18.6. The largest absolute Gasteiger partial charge is 0.457 e. The topological polar surface area (TPSA) is 58.7 Å². The fourth-order valence-electron chi connectivity index (χ4n) is 3.60. The van der Waals surface area contributed by atoms with E-state index in [0.717, 1.165) is 11.5 Å². The van der Waals surface area contributed by atoms with Crippen LogP contribution in [0.4, 0.5) is 0 Å². The number of allylic oxidation sites excluding steroid dienone is 2. The normalized spacial score (nSPS) is 19.5. The van der Waals surface area contributed by atoms with E-state index in [4.69, 9.17) is 28.4 Å². The Morgan fingerprint density at radius 3 is 1.90 bits per heavy atom. The fraction of sp³-hybridized carbons (Fsp3) is 0.440. The van der Waals surface area contributed by atoms with E-state index in [1.54, 1.807) is 17.7 Å². The summed E-state index contributed by atoms with van der Waals surface area (Å²) >= 11 is 0. The standard InChI is InChI=1S/C14H10O5.C11H20O/c1-3-11-13(17-7-15-11)5-9(1)19-10-2-4-12-14(6-10)18-8-16-12;1-5-9(6-2)7-8-10-11(3,4)12-10/h1-6H,7-8H2;5,10H,6-8H2,1-4H3/b;9-5+. The van der Waals surface area contributed by atoms with Crippen molar-refractivity contribution in [2.45, 2.75) is 58.7 Å². The lowest BCUT2D eigenvalue weighted by Crippen LogP contribution is -2.02. The Bertz CT molecular complexity index is 894. The molecule has 0 amide bonds. The number of fused-ring (bicyclic) bond motifs is 2. The molecule has 1 atom stereocenters. The van der Waals surface area contributed by atoms with Gasteiger partial charge < -0.3 is 28.4 Å². The lowest BCUT2D eigenvalue weighted by Gasteiger charge is -2.07. The quantitative estimate of drug-likeness (QED) is 0.403. The molecule has 0 aromatic heterocycles. The van der Waals surface area contributed by atoms with E-state index in [1.807, 2.05) is 24.3 Å². The highest BCUT2D eigenvalue weighted by atomic mass is 16.7. The molecule has 1 saturated heterocycles. The second kappa shape index (κ2) is 9.10. The van der Waals surface area contributed by atoms with Crippen molar-refractivity contribution in [1.82, 2.24) is 0 Å². The molecular formula is C25H30O6. The van der Waals surface area contributed by atoms with Gasteiger partial charge in [0.15, 0.2) is 23.0 Å². The van der Waals surface area contributed by atoms with Crippen molar-refractivity contribution in [2.75, 3.05) is 13.6 Å². The first-order valence-corrected chi connectivity index (χ1v) is 10.8. The summed E-state index contributed by atoms with van der Waals surface area (Å²) in [6, 6.07) is 10.9. The van der Waals surface area contributed by atoms with Crippen molar-refractivity contribution in [3.05, 3.63) is 48.0 Å². The van der Waals surface area contributed by atoms with E-state index in [9.17, 15) is 0 Å². The van der Waals surface area contributed by atoms with E-state index in [0.29, 0.717) is 29.1 Å². The zero-order chi connectivity index (χ0) is 21.8. The predicted octanol–water partition coefficient (Wildman–Crippen LogP) is 6.24. The van der Waals surface area contributed by atoms with Crippen molar-refractivity contribution < 1.29 is 28.4 Å². The van der Waals surface area contributed by atoms with E-state index in [-0.39, 0.29) is 19.2 Å². The summed E-state index contributed by atoms with van der Waals surface area (Å²) < 4.78 is 32.4. The number of hydrogen-bond acceptors (Lipinski definition) is 6. The molecule has 31 heavy (non-hydrogen) atoms. The molecule has 3 heterocycles. The third-order valence-corrected chi connectivity index (χ3v) is 5.68. The maximum Gasteiger partial charge on any atom is 0.231 e. The third kappa shape index (κ3) is 5.25. The van der Waals surface area contributed by atoms with Crippen LogP contribution in [0.3, 0.4) is 0 Å². The molecule has 0 N–H and O–H groups in total. The van der Waals surface area contributed by atoms with Crippen LogP contribution >= 0.6 is 0 Å². The minimum atomic E-state index is 0.173. The number of rotatable bonds is 6. The Morgan fingerprint density at radius 1 is 0.935 bits per heavy atom. The minimum absolute atomic E-state index is 0.173. The van der Waals surface area contributed by atoms with Crippen LogP contribution in [0.2, 0.25) is 0 Å². The summed E-state index contributed by atoms with van der Waals surface area (Å²) in [4.78, 5) is 0. The van der Waals surface area contributed by atoms with Crippen LogP contribution < -0.4 is 23.7 Å². The summed E-state index contributed by atoms with van der Waals surface area (Å²) in [6.07, 6.45) is 6.33. The molecule has 3 aliphatic rings. The van der Waals surface area contributed by atoms with Crippen molar-refractivity contribution in [2.24, 2.45) is 0 Å². The van der Waals surface area contributed by atoms with Crippen molar-refractivity contribution >= 4 is 0 Å². The maximum absolute atomic E-state index is 5.76. The van der Waals surface area contributed by atoms with E-state index in [1.165, 1.54) is 19.3 Å². The van der Waals surface area contributed by atoms with Crippen LogP contribution in [0.25, 0.3) is 0 Å². The summed E-state index contributed by atoms with van der Waals surface area (Å²) in [5.74, 6) is 4.22. The fourth-order valence-corrected chi connectivity index (χ4v) is 3.60. The lowest BCUT2D eigenvalue weighted by atomic mass is 10.0. The van der Waals surface area contributed by atoms with E-state index in [2.05, 4.69) is 33.8 Å². The summed E-state index contributed by atoms with van der Waals surface area (Å²) in [6.45, 7) is 9.18. The van der Waals surface area contributed by atoms with Gasteiger partial charge in [0.1, 0.15) is 11.5 Å². The van der Waals surface area contributed by atoms with Gasteiger partial charge in [-0.15, -0.1) is 0 Å². The Hall–Kier alpha value is -2.86. The Morgan fingerprint density at radius 2 is 1.45 bits per heavy atom. The predicted molar refractivity (Wildman–Crippen MR) is 117 cm³/mol. The van der Waals surface area contributed by atoms with Gasteiger partial charge >= 0.3 is 0 Å². The molecule has 0 bridgehead atoms. The molecule has 0 aliphatic carbocycles. The molecule has 3 aliphatic heterocycles. The Labute approximate surface area is 183 Å². The van der Waals surface area contributed by atoms with Gasteiger partial charge in [0, 0.05) is 12.1 Å². The molecule has 6 heteroatoms. The van der Waals surface area contributed by atoms with Gasteiger partial charge in [-0.1, -0.05) is 18.6 Å². The smallest absolute Gasteiger partial charge is 0.231 e. The first-order valence-electron chi connectivity index (χ1n) is 10.8. The van der Waals surface area contributed by atoms with Gasteiger partial charge in [-0.05, 0) is 64.3 Å². The number of benzene rings is 2. The molecule has 5 rings (SSSR count). The summed E-state index contributed by atoms with van der Waals surface area (Å²) in [5.41, 5.74) is 1.73. The first kappa shape index (κ1) is 21.4. The van der Waals surface area contributed by atoms with Gasteiger partial charge in [-0.3, -0.25) is 0 Å².